The van der Waals surface area contributed by atoms with E-state index in [1.54, 1.807) is 0 Å². The quantitative estimate of drug-likeness (QED) is 0.635. The molecule has 0 atom stereocenters. The van der Waals surface area contributed by atoms with Crippen LogP contribution in [-0.4, -0.2) is 36.1 Å². The van der Waals surface area contributed by atoms with Crippen LogP contribution in [0.5, 0.6) is 0 Å². The van der Waals surface area contributed by atoms with Crippen LogP contribution in [0.4, 0.5) is 0 Å². The third-order valence-electron chi connectivity index (χ3n) is 4.27. The molecule has 0 aliphatic heterocycles. The molecule has 20 heavy (non-hydrogen) atoms. The summed E-state index contributed by atoms with van der Waals surface area (Å²) in [4.78, 5) is 22.6. The molecule has 3 N–H and O–H groups in total. The van der Waals surface area contributed by atoms with E-state index in [2.05, 4.69) is 24.5 Å². The van der Waals surface area contributed by atoms with E-state index < -0.39 is 5.97 Å². The van der Waals surface area contributed by atoms with Crippen LogP contribution in [0.25, 0.3) is 0 Å². The van der Waals surface area contributed by atoms with Crippen molar-refractivity contribution in [3.63, 3.8) is 0 Å². The molecule has 1 amide bonds. The van der Waals surface area contributed by atoms with E-state index in [1.165, 1.54) is 0 Å². The van der Waals surface area contributed by atoms with Crippen molar-refractivity contribution in [3.8, 4) is 0 Å². The zero-order chi connectivity index (χ0) is 15.0. The number of amides is 1. The monoisotopic (exact) mass is 284 g/mol. The first-order chi connectivity index (χ1) is 9.56. The molecule has 5 nitrogen and oxygen atoms in total. The van der Waals surface area contributed by atoms with E-state index >= 15 is 0 Å². The minimum atomic E-state index is -0.666. The molecule has 0 radical (unpaired) electrons. The maximum Gasteiger partial charge on any atom is 0.306 e. The maximum atomic E-state index is 11.7. The summed E-state index contributed by atoms with van der Waals surface area (Å²) in [7, 11) is 0. The second-order valence-electron chi connectivity index (χ2n) is 5.77. The first-order valence-corrected chi connectivity index (χ1v) is 7.79. The predicted molar refractivity (Wildman–Crippen MR) is 78.5 cm³/mol. The number of carboxylic acids is 1. The molecule has 1 rings (SSSR count). The number of carbonyl (C=O) groups is 2. The zero-order valence-corrected chi connectivity index (χ0v) is 12.7. The average Bonchev–Trinajstić information content (AvgIpc) is 2.45. The molecule has 0 aromatic rings. The van der Waals surface area contributed by atoms with E-state index in [9.17, 15) is 9.59 Å². The van der Waals surface area contributed by atoms with Gasteiger partial charge in [0.15, 0.2) is 0 Å². The Morgan fingerprint density at radius 3 is 2.25 bits per heavy atom. The number of nitrogens with one attached hydrogen (secondary N) is 2. The lowest BCUT2D eigenvalue weighted by Crippen LogP contribution is -2.41. The van der Waals surface area contributed by atoms with Gasteiger partial charge in [-0.25, -0.2) is 0 Å². The fourth-order valence-electron chi connectivity index (χ4n) is 2.77. The second-order valence-corrected chi connectivity index (χ2v) is 5.77. The SMILES string of the molecule is CCC(CC)NC(=O)CNCC1CCC(C(=O)O)CC1. The summed E-state index contributed by atoms with van der Waals surface area (Å²) in [5.74, 6) is -0.269. The molecule has 0 spiro atoms. The van der Waals surface area contributed by atoms with Crippen LogP contribution in [0.2, 0.25) is 0 Å². The molecule has 116 valence electrons. The molecule has 0 unspecified atom stereocenters. The van der Waals surface area contributed by atoms with Crippen LogP contribution in [0.3, 0.4) is 0 Å². The molecule has 1 aliphatic carbocycles. The van der Waals surface area contributed by atoms with Gasteiger partial charge in [-0.05, 0) is 51.0 Å². The van der Waals surface area contributed by atoms with Gasteiger partial charge in [-0.1, -0.05) is 13.8 Å². The standard InChI is InChI=1S/C15H28N2O3/c1-3-13(4-2)17-14(18)10-16-9-11-5-7-12(8-6-11)15(19)20/h11-13,16H,3-10H2,1-2H3,(H,17,18)(H,19,20). The fraction of sp³-hybridized carbons (Fsp3) is 0.867. The first-order valence-electron chi connectivity index (χ1n) is 7.79. The molecule has 0 saturated heterocycles. The van der Waals surface area contributed by atoms with Crippen molar-refractivity contribution in [1.29, 1.82) is 0 Å². The Labute approximate surface area is 121 Å². The summed E-state index contributed by atoms with van der Waals surface area (Å²) in [5.41, 5.74) is 0. The third kappa shape index (κ3) is 5.90. The normalized spacial score (nSPS) is 22.8. The zero-order valence-electron chi connectivity index (χ0n) is 12.7. The summed E-state index contributed by atoms with van der Waals surface area (Å²) in [6.07, 6.45) is 5.34. The number of carboxylic acid groups (broad SMARTS) is 1. The van der Waals surface area contributed by atoms with Gasteiger partial charge in [0.2, 0.25) is 5.91 Å². The highest BCUT2D eigenvalue weighted by Crippen LogP contribution is 2.28. The molecule has 0 heterocycles. The van der Waals surface area contributed by atoms with Gasteiger partial charge >= 0.3 is 5.97 Å². The fourth-order valence-corrected chi connectivity index (χ4v) is 2.77. The van der Waals surface area contributed by atoms with Gasteiger partial charge in [-0.3, -0.25) is 9.59 Å². The molecule has 5 heteroatoms. The van der Waals surface area contributed by atoms with Crippen LogP contribution in [0.1, 0.15) is 52.4 Å². The molecule has 0 aromatic carbocycles. The third-order valence-corrected chi connectivity index (χ3v) is 4.27. The molecule has 1 saturated carbocycles. The van der Waals surface area contributed by atoms with Crippen LogP contribution >= 0.6 is 0 Å². The van der Waals surface area contributed by atoms with Crippen molar-refractivity contribution < 1.29 is 14.7 Å². The van der Waals surface area contributed by atoms with Gasteiger partial charge in [0.1, 0.15) is 0 Å². The summed E-state index contributed by atoms with van der Waals surface area (Å²) < 4.78 is 0. The first kappa shape index (κ1) is 17.0. The topological polar surface area (TPSA) is 78.4 Å². The molecule has 0 bridgehead atoms. The smallest absolute Gasteiger partial charge is 0.306 e. The molecular weight excluding hydrogens is 256 g/mol. The summed E-state index contributed by atoms with van der Waals surface area (Å²) >= 11 is 0. The average molecular weight is 284 g/mol. The second kappa shape index (κ2) is 8.95. The number of hydrogen-bond donors (Lipinski definition) is 3. The van der Waals surface area contributed by atoms with Gasteiger partial charge in [-0.15, -0.1) is 0 Å². The van der Waals surface area contributed by atoms with Gasteiger partial charge in [-0.2, -0.15) is 0 Å². The van der Waals surface area contributed by atoms with Crippen molar-refractivity contribution >= 4 is 11.9 Å². The van der Waals surface area contributed by atoms with Gasteiger partial charge < -0.3 is 15.7 Å². The Kier molecular flexibility index (Phi) is 7.59. The minimum absolute atomic E-state index is 0.0536. The van der Waals surface area contributed by atoms with Crippen molar-refractivity contribution in [2.45, 2.75) is 58.4 Å². The highest BCUT2D eigenvalue weighted by Gasteiger charge is 2.25. The molecule has 0 aromatic heterocycles. The number of rotatable bonds is 8. The molecular formula is C15H28N2O3. The van der Waals surface area contributed by atoms with Crippen LogP contribution in [0.15, 0.2) is 0 Å². The summed E-state index contributed by atoms with van der Waals surface area (Å²) in [6.45, 7) is 5.31. The lowest BCUT2D eigenvalue weighted by Gasteiger charge is -2.26. The van der Waals surface area contributed by atoms with Crippen molar-refractivity contribution in [3.05, 3.63) is 0 Å². The number of hydrogen-bond acceptors (Lipinski definition) is 3. The Balaban J connectivity index is 2.13. The highest BCUT2D eigenvalue weighted by molar-refractivity contribution is 5.78. The van der Waals surface area contributed by atoms with Crippen molar-refractivity contribution in [1.82, 2.24) is 10.6 Å². The van der Waals surface area contributed by atoms with Crippen LogP contribution in [0, 0.1) is 11.8 Å². The van der Waals surface area contributed by atoms with Crippen molar-refractivity contribution in [2.75, 3.05) is 13.1 Å². The van der Waals surface area contributed by atoms with Crippen LogP contribution in [-0.2, 0) is 9.59 Å². The van der Waals surface area contributed by atoms with E-state index in [0.29, 0.717) is 12.5 Å². The maximum absolute atomic E-state index is 11.7. The Morgan fingerprint density at radius 2 is 1.75 bits per heavy atom. The summed E-state index contributed by atoms with van der Waals surface area (Å²) in [6, 6.07) is 0.273. The summed E-state index contributed by atoms with van der Waals surface area (Å²) in [5, 5.41) is 15.1. The number of carbonyl (C=O) groups excluding carboxylic acids is 1. The van der Waals surface area contributed by atoms with Gasteiger partial charge in [0, 0.05) is 6.04 Å². The molecule has 1 aliphatic rings. The largest absolute Gasteiger partial charge is 0.481 e. The Morgan fingerprint density at radius 1 is 1.15 bits per heavy atom. The van der Waals surface area contributed by atoms with E-state index in [4.69, 9.17) is 5.11 Å². The highest BCUT2D eigenvalue weighted by atomic mass is 16.4. The Bertz CT molecular complexity index is 308. The van der Waals surface area contributed by atoms with Crippen LogP contribution < -0.4 is 10.6 Å². The van der Waals surface area contributed by atoms with Crippen molar-refractivity contribution in [2.24, 2.45) is 11.8 Å². The Hall–Kier alpha value is -1.10. The lowest BCUT2D eigenvalue weighted by atomic mass is 9.82. The molecule has 1 fully saturated rings. The van der Waals surface area contributed by atoms with Gasteiger partial charge in [0.25, 0.3) is 0 Å². The lowest BCUT2D eigenvalue weighted by molar-refractivity contribution is -0.143. The predicted octanol–water partition coefficient (Wildman–Crippen LogP) is 1.77. The van der Waals surface area contributed by atoms with E-state index in [1.807, 2.05) is 0 Å². The van der Waals surface area contributed by atoms with E-state index in [0.717, 1.165) is 45.1 Å². The van der Waals surface area contributed by atoms with Gasteiger partial charge in [0.05, 0.1) is 12.5 Å². The number of aliphatic carboxylic acids is 1. The van der Waals surface area contributed by atoms with E-state index in [-0.39, 0.29) is 17.9 Å². The minimum Gasteiger partial charge on any atom is -0.481 e.